The number of hydrogen-bond donors (Lipinski definition) is 2. The number of aryl methyl sites for hydroxylation is 1. The van der Waals surface area contributed by atoms with Crippen molar-refractivity contribution in [2.24, 2.45) is 0 Å². The molecule has 1 aliphatic heterocycles. The summed E-state index contributed by atoms with van der Waals surface area (Å²) < 4.78 is 0. The molecule has 5 nitrogen and oxygen atoms in total. The van der Waals surface area contributed by atoms with Crippen molar-refractivity contribution < 1.29 is 9.59 Å². The normalized spacial score (nSPS) is 17.0. The molecule has 6 heteroatoms. The van der Waals surface area contributed by atoms with Gasteiger partial charge in [-0.15, -0.1) is 0 Å². The van der Waals surface area contributed by atoms with Crippen LogP contribution in [-0.4, -0.2) is 21.9 Å². The number of hydrogen-bond acceptors (Lipinski definition) is 3. The van der Waals surface area contributed by atoms with E-state index in [0.29, 0.717) is 11.4 Å². The van der Waals surface area contributed by atoms with Gasteiger partial charge in [-0.3, -0.25) is 19.8 Å². The summed E-state index contributed by atoms with van der Waals surface area (Å²) in [5.74, 6) is -0.924. The molecular formula is C16H13N3O2S. The van der Waals surface area contributed by atoms with E-state index in [4.69, 9.17) is 12.2 Å². The standard InChI is InChI=1S/C16H13N3O2S/c1-10-5-2-3-7-13(10)19-15(21)12(14(20)18-16(19)22)9-11-6-4-8-17-11/h2-9,17H,1H3,(H,18,20,22)/b12-9-. The summed E-state index contributed by atoms with van der Waals surface area (Å²) in [6.07, 6.45) is 3.24. The average molecular weight is 311 g/mol. The van der Waals surface area contributed by atoms with Crippen molar-refractivity contribution in [3.63, 3.8) is 0 Å². The highest BCUT2D eigenvalue weighted by molar-refractivity contribution is 7.80. The predicted molar refractivity (Wildman–Crippen MR) is 88.2 cm³/mol. The van der Waals surface area contributed by atoms with Crippen molar-refractivity contribution in [1.29, 1.82) is 0 Å². The van der Waals surface area contributed by atoms with Gasteiger partial charge in [-0.1, -0.05) is 18.2 Å². The molecule has 110 valence electrons. The molecule has 0 saturated carbocycles. The first kappa shape index (κ1) is 14.2. The van der Waals surface area contributed by atoms with Crippen molar-refractivity contribution in [1.82, 2.24) is 10.3 Å². The fraction of sp³-hybridized carbons (Fsp3) is 0.0625. The Hall–Kier alpha value is -2.73. The number of thiocarbonyl (C=S) groups is 1. The molecule has 0 radical (unpaired) electrons. The zero-order chi connectivity index (χ0) is 15.7. The Morgan fingerprint density at radius 2 is 1.91 bits per heavy atom. The van der Waals surface area contributed by atoms with Crippen LogP contribution in [0, 0.1) is 6.92 Å². The number of carbonyl (C=O) groups excluding carboxylic acids is 2. The fourth-order valence-electron chi connectivity index (χ4n) is 2.28. The molecule has 1 aromatic heterocycles. The molecule has 0 atom stereocenters. The lowest BCUT2D eigenvalue weighted by molar-refractivity contribution is -0.122. The molecular weight excluding hydrogens is 298 g/mol. The van der Waals surface area contributed by atoms with Gasteiger partial charge >= 0.3 is 0 Å². The third-order valence-corrected chi connectivity index (χ3v) is 3.66. The van der Waals surface area contributed by atoms with Crippen molar-refractivity contribution in [2.45, 2.75) is 6.92 Å². The Morgan fingerprint density at radius 3 is 2.59 bits per heavy atom. The second kappa shape index (κ2) is 5.57. The van der Waals surface area contributed by atoms with Crippen LogP contribution in [0.15, 0.2) is 48.2 Å². The number of amides is 2. The zero-order valence-electron chi connectivity index (χ0n) is 11.8. The number of anilines is 1. The lowest BCUT2D eigenvalue weighted by Crippen LogP contribution is -2.54. The zero-order valence-corrected chi connectivity index (χ0v) is 12.6. The van der Waals surface area contributed by atoms with Gasteiger partial charge in [0.25, 0.3) is 11.8 Å². The summed E-state index contributed by atoms with van der Waals surface area (Å²) in [4.78, 5) is 29.1. The summed E-state index contributed by atoms with van der Waals surface area (Å²) in [5, 5.41) is 2.65. The van der Waals surface area contributed by atoms with E-state index < -0.39 is 11.8 Å². The third-order valence-electron chi connectivity index (χ3n) is 3.38. The molecule has 2 aromatic rings. The minimum absolute atomic E-state index is 0.0410. The molecule has 1 aliphatic rings. The van der Waals surface area contributed by atoms with Gasteiger partial charge in [-0.2, -0.15) is 0 Å². The topological polar surface area (TPSA) is 65.2 Å². The quantitative estimate of drug-likeness (QED) is 0.507. The van der Waals surface area contributed by atoms with Crippen molar-refractivity contribution >= 4 is 40.9 Å². The van der Waals surface area contributed by atoms with E-state index in [1.54, 1.807) is 24.4 Å². The van der Waals surface area contributed by atoms with Gasteiger partial charge < -0.3 is 4.98 Å². The highest BCUT2D eigenvalue weighted by Crippen LogP contribution is 2.24. The molecule has 0 unspecified atom stereocenters. The Kier molecular flexibility index (Phi) is 3.60. The number of H-pyrrole nitrogens is 1. The smallest absolute Gasteiger partial charge is 0.270 e. The summed E-state index contributed by atoms with van der Waals surface area (Å²) in [7, 11) is 0. The Balaban J connectivity index is 2.05. The van der Waals surface area contributed by atoms with Crippen LogP contribution in [0.1, 0.15) is 11.3 Å². The maximum absolute atomic E-state index is 12.7. The number of carbonyl (C=O) groups is 2. The summed E-state index contributed by atoms with van der Waals surface area (Å²) >= 11 is 5.16. The van der Waals surface area contributed by atoms with Crippen LogP contribution in [0.4, 0.5) is 5.69 Å². The number of para-hydroxylation sites is 1. The van der Waals surface area contributed by atoms with Crippen LogP contribution >= 0.6 is 12.2 Å². The Labute approximate surface area is 132 Å². The molecule has 3 rings (SSSR count). The summed E-state index contributed by atoms with van der Waals surface area (Å²) in [6.45, 7) is 1.88. The summed E-state index contributed by atoms with van der Waals surface area (Å²) in [5.41, 5.74) is 2.28. The van der Waals surface area contributed by atoms with Gasteiger partial charge in [0.1, 0.15) is 5.57 Å². The third kappa shape index (κ3) is 2.44. The van der Waals surface area contributed by atoms with Gasteiger partial charge in [-0.25, -0.2) is 0 Å². The van der Waals surface area contributed by atoms with E-state index >= 15 is 0 Å². The number of rotatable bonds is 2. The monoisotopic (exact) mass is 311 g/mol. The number of aromatic nitrogens is 1. The number of nitrogens with zero attached hydrogens (tertiary/aromatic N) is 1. The van der Waals surface area contributed by atoms with Crippen LogP contribution in [0.3, 0.4) is 0 Å². The molecule has 0 spiro atoms. The molecule has 0 bridgehead atoms. The van der Waals surface area contributed by atoms with Crippen LogP contribution in [0.2, 0.25) is 0 Å². The SMILES string of the molecule is Cc1ccccc1N1C(=O)/C(=C\c2ccc[nH]2)C(=O)NC1=S. The van der Waals surface area contributed by atoms with Crippen LogP contribution in [0.25, 0.3) is 6.08 Å². The lowest BCUT2D eigenvalue weighted by Gasteiger charge is -2.29. The maximum Gasteiger partial charge on any atom is 0.270 e. The lowest BCUT2D eigenvalue weighted by atomic mass is 10.1. The number of aromatic amines is 1. The van der Waals surface area contributed by atoms with Gasteiger partial charge in [0, 0.05) is 11.9 Å². The van der Waals surface area contributed by atoms with Crippen molar-refractivity contribution in [2.75, 3.05) is 4.90 Å². The van der Waals surface area contributed by atoms with E-state index in [-0.39, 0.29) is 10.7 Å². The first-order chi connectivity index (χ1) is 10.6. The molecule has 0 aliphatic carbocycles. The average Bonchev–Trinajstić information content (AvgIpc) is 2.98. The van der Waals surface area contributed by atoms with Gasteiger partial charge in [-0.05, 0) is 49.0 Å². The summed E-state index contributed by atoms with van der Waals surface area (Å²) in [6, 6.07) is 11.0. The second-order valence-corrected chi connectivity index (χ2v) is 5.26. The van der Waals surface area contributed by atoms with E-state index in [1.165, 1.54) is 11.0 Å². The minimum Gasteiger partial charge on any atom is -0.362 e. The number of benzene rings is 1. The van der Waals surface area contributed by atoms with Gasteiger partial charge in [0.05, 0.1) is 5.69 Å². The van der Waals surface area contributed by atoms with E-state index in [2.05, 4.69) is 10.3 Å². The van der Waals surface area contributed by atoms with Crippen LogP contribution < -0.4 is 10.2 Å². The largest absolute Gasteiger partial charge is 0.362 e. The van der Waals surface area contributed by atoms with Crippen LogP contribution in [0.5, 0.6) is 0 Å². The van der Waals surface area contributed by atoms with Crippen molar-refractivity contribution in [3.8, 4) is 0 Å². The van der Waals surface area contributed by atoms with Crippen molar-refractivity contribution in [3.05, 3.63) is 59.4 Å². The fourth-order valence-corrected chi connectivity index (χ4v) is 2.55. The highest BCUT2D eigenvalue weighted by atomic mass is 32.1. The first-order valence-electron chi connectivity index (χ1n) is 6.68. The van der Waals surface area contributed by atoms with E-state index in [0.717, 1.165) is 5.56 Å². The molecule has 1 fully saturated rings. The predicted octanol–water partition coefficient (Wildman–Crippen LogP) is 2.15. The highest BCUT2D eigenvalue weighted by Gasteiger charge is 2.34. The first-order valence-corrected chi connectivity index (χ1v) is 7.09. The molecule has 2 amide bonds. The molecule has 2 N–H and O–H groups in total. The molecule has 1 aromatic carbocycles. The van der Waals surface area contributed by atoms with Crippen LogP contribution in [-0.2, 0) is 9.59 Å². The Bertz CT molecular complexity index is 793. The maximum atomic E-state index is 12.7. The second-order valence-electron chi connectivity index (χ2n) is 4.87. The molecule has 22 heavy (non-hydrogen) atoms. The van der Waals surface area contributed by atoms with Gasteiger partial charge in [0.2, 0.25) is 0 Å². The van der Waals surface area contributed by atoms with E-state index in [9.17, 15) is 9.59 Å². The van der Waals surface area contributed by atoms with E-state index in [1.807, 2.05) is 25.1 Å². The molecule has 1 saturated heterocycles. The molecule has 2 heterocycles. The van der Waals surface area contributed by atoms with Gasteiger partial charge in [0.15, 0.2) is 5.11 Å². The Morgan fingerprint density at radius 1 is 1.14 bits per heavy atom. The number of nitrogens with one attached hydrogen (secondary N) is 2. The minimum atomic E-state index is -0.491.